The maximum absolute atomic E-state index is 12.8. The van der Waals surface area contributed by atoms with Gasteiger partial charge in [-0.1, -0.05) is 12.8 Å². The highest BCUT2D eigenvalue weighted by Crippen LogP contribution is 2.24. The Morgan fingerprint density at radius 2 is 1.93 bits per heavy atom. The molecule has 0 bridgehead atoms. The highest BCUT2D eigenvalue weighted by Gasteiger charge is 2.25. The number of nitrogens with zero attached hydrogens (tertiary/aromatic N) is 4. The molecular weight excluding hydrogens is 428 g/mol. The molecule has 0 saturated carbocycles. The third-order valence-electron chi connectivity index (χ3n) is 4.91. The lowest BCUT2D eigenvalue weighted by atomic mass is 10.2. The summed E-state index contributed by atoms with van der Waals surface area (Å²) >= 11 is 2.87. The molecule has 4 rings (SSSR count). The van der Waals surface area contributed by atoms with E-state index in [4.69, 9.17) is 0 Å². The third kappa shape index (κ3) is 4.40. The maximum Gasteiger partial charge on any atom is 0.258 e. The second-order valence-electron chi connectivity index (χ2n) is 7.02. The molecule has 1 aliphatic rings. The minimum absolute atomic E-state index is 0.0869. The first-order valence-electron chi connectivity index (χ1n) is 9.51. The number of rotatable bonds is 5. The van der Waals surface area contributed by atoms with Crippen LogP contribution in [-0.2, 0) is 15.8 Å². The summed E-state index contributed by atoms with van der Waals surface area (Å²) in [5.74, 6) is 0.494. The van der Waals surface area contributed by atoms with Crippen LogP contribution in [-0.4, -0.2) is 40.2 Å². The molecule has 154 valence electrons. The standard InChI is InChI=1S/C19H22N4O3S3/c1-14-12-28-19-21-15(10-18(24)23(14)19)13-27-17-7-6-16(11-20-17)29(25,26)22-8-4-2-3-5-9-22/h6-7,10-12H,2-5,8-9,13H2,1H3. The number of fused-ring (bicyclic) bond motifs is 1. The maximum atomic E-state index is 12.8. The predicted molar refractivity (Wildman–Crippen MR) is 115 cm³/mol. The van der Waals surface area contributed by atoms with Crippen molar-refractivity contribution in [2.24, 2.45) is 0 Å². The van der Waals surface area contributed by atoms with Crippen molar-refractivity contribution < 1.29 is 8.42 Å². The Morgan fingerprint density at radius 3 is 2.62 bits per heavy atom. The van der Waals surface area contributed by atoms with Crippen LogP contribution in [0, 0.1) is 6.92 Å². The first kappa shape index (κ1) is 20.5. The molecule has 0 spiro atoms. The van der Waals surface area contributed by atoms with Gasteiger partial charge >= 0.3 is 0 Å². The molecule has 0 aromatic carbocycles. The van der Waals surface area contributed by atoms with Crippen molar-refractivity contribution in [3.8, 4) is 0 Å². The van der Waals surface area contributed by atoms with Gasteiger partial charge in [0.05, 0.1) is 10.7 Å². The summed E-state index contributed by atoms with van der Waals surface area (Å²) in [5.41, 5.74) is 1.48. The van der Waals surface area contributed by atoms with Gasteiger partial charge in [0.15, 0.2) is 4.96 Å². The zero-order chi connectivity index (χ0) is 20.4. The van der Waals surface area contributed by atoms with Crippen LogP contribution in [0.25, 0.3) is 4.96 Å². The zero-order valence-corrected chi connectivity index (χ0v) is 18.5. The summed E-state index contributed by atoms with van der Waals surface area (Å²) in [6.07, 6.45) is 5.39. The monoisotopic (exact) mass is 450 g/mol. The Morgan fingerprint density at radius 1 is 1.17 bits per heavy atom. The van der Waals surface area contributed by atoms with Gasteiger partial charge in [-0.15, -0.1) is 23.1 Å². The lowest BCUT2D eigenvalue weighted by molar-refractivity contribution is 0.423. The number of hydrogen-bond donors (Lipinski definition) is 0. The summed E-state index contributed by atoms with van der Waals surface area (Å²) < 4.78 is 28.8. The minimum atomic E-state index is -3.49. The summed E-state index contributed by atoms with van der Waals surface area (Å²) in [5, 5.41) is 2.61. The number of thiazole rings is 1. The fraction of sp³-hybridized carbons (Fsp3) is 0.421. The van der Waals surface area contributed by atoms with Gasteiger partial charge in [-0.25, -0.2) is 18.4 Å². The van der Waals surface area contributed by atoms with Crippen molar-refractivity contribution >= 4 is 38.1 Å². The molecule has 0 aliphatic carbocycles. The molecule has 4 heterocycles. The molecule has 10 heteroatoms. The number of aromatic nitrogens is 3. The Balaban J connectivity index is 1.46. The van der Waals surface area contributed by atoms with Gasteiger partial charge in [0.2, 0.25) is 10.0 Å². The fourth-order valence-corrected chi connectivity index (χ4v) is 6.45. The second-order valence-corrected chi connectivity index (χ2v) is 10.8. The number of thioether (sulfide) groups is 1. The Labute approximate surface area is 177 Å². The molecule has 0 radical (unpaired) electrons. The molecule has 1 saturated heterocycles. The van der Waals surface area contributed by atoms with Crippen molar-refractivity contribution in [2.75, 3.05) is 13.1 Å². The zero-order valence-electron chi connectivity index (χ0n) is 16.1. The quantitative estimate of drug-likeness (QED) is 0.555. The van der Waals surface area contributed by atoms with Crippen molar-refractivity contribution in [2.45, 2.75) is 48.3 Å². The molecule has 29 heavy (non-hydrogen) atoms. The Hall–Kier alpha value is -1.75. The highest BCUT2D eigenvalue weighted by atomic mass is 32.2. The van der Waals surface area contributed by atoms with Crippen LogP contribution in [0.4, 0.5) is 0 Å². The summed E-state index contributed by atoms with van der Waals surface area (Å²) in [4.78, 5) is 22.0. The van der Waals surface area contributed by atoms with Crippen LogP contribution in [0.2, 0.25) is 0 Å². The molecule has 3 aromatic heterocycles. The van der Waals surface area contributed by atoms with Gasteiger partial charge in [-0.2, -0.15) is 4.31 Å². The molecule has 0 N–H and O–H groups in total. The second kappa shape index (κ2) is 8.55. The van der Waals surface area contributed by atoms with Gasteiger partial charge in [0, 0.05) is 42.2 Å². The van der Waals surface area contributed by atoms with Crippen molar-refractivity contribution in [1.29, 1.82) is 0 Å². The van der Waals surface area contributed by atoms with Crippen LogP contribution in [0.5, 0.6) is 0 Å². The average molecular weight is 451 g/mol. The van der Waals surface area contributed by atoms with Crippen LogP contribution in [0.3, 0.4) is 0 Å². The average Bonchev–Trinajstić information content (AvgIpc) is 2.92. The number of pyridine rings is 1. The minimum Gasteiger partial charge on any atom is -0.269 e. The molecule has 0 unspecified atom stereocenters. The smallest absolute Gasteiger partial charge is 0.258 e. The van der Waals surface area contributed by atoms with Gasteiger partial charge in [-0.05, 0) is 31.9 Å². The van der Waals surface area contributed by atoms with E-state index in [9.17, 15) is 13.2 Å². The van der Waals surface area contributed by atoms with Crippen molar-refractivity contribution in [3.63, 3.8) is 0 Å². The van der Waals surface area contributed by atoms with Gasteiger partial charge in [0.1, 0.15) is 4.90 Å². The fourth-order valence-electron chi connectivity index (χ4n) is 3.36. The normalized spacial score (nSPS) is 16.2. The van der Waals surface area contributed by atoms with Crippen LogP contribution >= 0.6 is 23.1 Å². The Kier molecular flexibility index (Phi) is 6.05. The van der Waals surface area contributed by atoms with E-state index in [0.717, 1.165) is 31.4 Å². The number of sulfonamides is 1. The Bertz CT molecular complexity index is 1160. The lowest BCUT2D eigenvalue weighted by Gasteiger charge is -2.19. The first-order chi connectivity index (χ1) is 13.9. The largest absolute Gasteiger partial charge is 0.269 e. The van der Waals surface area contributed by atoms with Crippen molar-refractivity contribution in [1.82, 2.24) is 18.7 Å². The molecular formula is C19H22N4O3S3. The molecule has 0 amide bonds. The molecule has 7 nitrogen and oxygen atoms in total. The summed E-state index contributed by atoms with van der Waals surface area (Å²) in [6.45, 7) is 3.03. The van der Waals surface area contributed by atoms with E-state index < -0.39 is 10.0 Å². The van der Waals surface area contributed by atoms with Crippen LogP contribution < -0.4 is 5.56 Å². The first-order valence-corrected chi connectivity index (χ1v) is 12.8. The van der Waals surface area contributed by atoms with E-state index in [0.29, 0.717) is 34.5 Å². The molecule has 0 atom stereocenters. The topological polar surface area (TPSA) is 84.6 Å². The number of aryl methyl sites for hydroxylation is 1. The number of hydrogen-bond acceptors (Lipinski definition) is 7. The molecule has 1 fully saturated rings. The van der Waals surface area contributed by atoms with Crippen LogP contribution in [0.15, 0.2) is 44.5 Å². The summed E-state index contributed by atoms with van der Waals surface area (Å²) in [6, 6.07) is 4.87. The van der Waals surface area contributed by atoms with Crippen LogP contribution in [0.1, 0.15) is 37.1 Å². The molecule has 1 aliphatic heterocycles. The predicted octanol–water partition coefficient (Wildman–Crippen LogP) is 3.32. The summed E-state index contributed by atoms with van der Waals surface area (Å²) in [7, 11) is -3.49. The van der Waals surface area contributed by atoms with E-state index in [2.05, 4.69) is 9.97 Å². The SMILES string of the molecule is Cc1csc2nc(CSc3ccc(S(=O)(=O)N4CCCCCC4)cn3)cc(=O)n12. The van der Waals surface area contributed by atoms with E-state index in [1.165, 1.54) is 35.4 Å². The third-order valence-corrected chi connectivity index (χ3v) is 8.71. The van der Waals surface area contributed by atoms with Crippen molar-refractivity contribution in [3.05, 3.63) is 51.5 Å². The van der Waals surface area contributed by atoms with E-state index in [-0.39, 0.29) is 10.5 Å². The van der Waals surface area contributed by atoms with E-state index in [1.807, 2.05) is 12.3 Å². The van der Waals surface area contributed by atoms with Gasteiger partial charge < -0.3 is 0 Å². The molecule has 3 aromatic rings. The van der Waals surface area contributed by atoms with E-state index >= 15 is 0 Å². The van der Waals surface area contributed by atoms with Gasteiger partial charge in [-0.3, -0.25) is 9.20 Å². The van der Waals surface area contributed by atoms with E-state index in [1.54, 1.807) is 20.8 Å². The van der Waals surface area contributed by atoms with Gasteiger partial charge in [0.25, 0.3) is 5.56 Å². The lowest BCUT2D eigenvalue weighted by Crippen LogP contribution is -2.32. The highest BCUT2D eigenvalue weighted by molar-refractivity contribution is 7.98.